The molecular weight excluding hydrogens is 296 g/mol. The van der Waals surface area contributed by atoms with E-state index in [0.29, 0.717) is 0 Å². The Bertz CT molecular complexity index is 582. The van der Waals surface area contributed by atoms with Crippen molar-refractivity contribution in [2.24, 2.45) is 0 Å². The second-order valence-electron chi connectivity index (χ2n) is 5.65. The van der Waals surface area contributed by atoms with Crippen LogP contribution in [-0.2, 0) is 12.0 Å². The summed E-state index contributed by atoms with van der Waals surface area (Å²) in [6, 6.07) is 13.2. The maximum atomic E-state index is 11.9. The van der Waals surface area contributed by atoms with E-state index in [0.717, 1.165) is 12.0 Å². The number of hydrogen-bond donors (Lipinski definition) is 3. The molecule has 4 nitrogen and oxygen atoms in total. The number of urea groups is 1. The average molecular weight is 318 g/mol. The molecule has 1 aromatic carbocycles. The summed E-state index contributed by atoms with van der Waals surface area (Å²) in [5.41, 5.74) is -0.308. The molecule has 22 heavy (non-hydrogen) atoms. The van der Waals surface area contributed by atoms with E-state index < -0.39 is 5.60 Å². The lowest BCUT2D eigenvalue weighted by atomic mass is 9.96. The van der Waals surface area contributed by atoms with Gasteiger partial charge in [0.1, 0.15) is 5.60 Å². The second kappa shape index (κ2) is 7.42. The van der Waals surface area contributed by atoms with E-state index in [2.05, 4.69) is 16.7 Å². The Kier molecular flexibility index (Phi) is 5.57. The third kappa shape index (κ3) is 4.86. The van der Waals surface area contributed by atoms with E-state index in [4.69, 9.17) is 0 Å². The summed E-state index contributed by atoms with van der Waals surface area (Å²) in [5, 5.41) is 18.1. The number of aliphatic hydroxyl groups is 1. The molecule has 5 heteroatoms. The number of amides is 2. The Hall–Kier alpha value is -1.85. The molecule has 1 heterocycles. The first-order valence-electron chi connectivity index (χ1n) is 7.32. The van der Waals surface area contributed by atoms with E-state index in [1.165, 1.54) is 4.88 Å². The smallest absolute Gasteiger partial charge is 0.315 e. The highest BCUT2D eigenvalue weighted by Gasteiger charge is 2.23. The van der Waals surface area contributed by atoms with Gasteiger partial charge in [0.05, 0.1) is 6.54 Å². The van der Waals surface area contributed by atoms with Crippen LogP contribution in [0.5, 0.6) is 0 Å². The first kappa shape index (κ1) is 16.5. The molecule has 0 spiro atoms. The highest BCUT2D eigenvalue weighted by Crippen LogP contribution is 2.18. The van der Waals surface area contributed by atoms with Gasteiger partial charge in [-0.15, -0.1) is 11.3 Å². The van der Waals surface area contributed by atoms with Crippen LogP contribution in [0.1, 0.15) is 24.3 Å². The van der Waals surface area contributed by atoms with Crippen LogP contribution in [-0.4, -0.2) is 23.7 Å². The Morgan fingerprint density at radius 2 is 2.00 bits per heavy atom. The lowest BCUT2D eigenvalue weighted by molar-refractivity contribution is 0.0593. The van der Waals surface area contributed by atoms with Gasteiger partial charge < -0.3 is 15.7 Å². The van der Waals surface area contributed by atoms with Crippen LogP contribution < -0.4 is 10.6 Å². The summed E-state index contributed by atoms with van der Waals surface area (Å²) in [4.78, 5) is 13.2. The molecule has 2 rings (SSSR count). The van der Waals surface area contributed by atoms with Crippen molar-refractivity contribution in [3.8, 4) is 0 Å². The molecule has 1 aromatic heterocycles. The fraction of sp³-hybridized carbons (Fsp3) is 0.353. The number of nitrogens with one attached hydrogen (secondary N) is 2. The third-order valence-corrected chi connectivity index (χ3v) is 4.35. The van der Waals surface area contributed by atoms with Gasteiger partial charge in [0.2, 0.25) is 0 Å². The number of benzene rings is 1. The first-order valence-corrected chi connectivity index (χ1v) is 8.20. The molecule has 0 bridgehead atoms. The summed E-state index contributed by atoms with van der Waals surface area (Å²) in [6.45, 7) is 3.82. The van der Waals surface area contributed by atoms with E-state index in [-0.39, 0.29) is 18.6 Å². The van der Waals surface area contributed by atoms with Crippen molar-refractivity contribution in [1.82, 2.24) is 10.6 Å². The maximum Gasteiger partial charge on any atom is 0.315 e. The Balaban J connectivity index is 1.79. The van der Waals surface area contributed by atoms with Gasteiger partial charge in [-0.2, -0.15) is 0 Å². The van der Waals surface area contributed by atoms with E-state index in [9.17, 15) is 9.90 Å². The minimum Gasteiger partial charge on any atom is -0.384 e. The van der Waals surface area contributed by atoms with Crippen molar-refractivity contribution in [1.29, 1.82) is 0 Å². The Labute approximate surface area is 135 Å². The number of carbonyl (C=O) groups excluding carboxylic acids is 1. The predicted molar refractivity (Wildman–Crippen MR) is 90.0 cm³/mol. The van der Waals surface area contributed by atoms with Gasteiger partial charge in [-0.3, -0.25) is 0 Å². The van der Waals surface area contributed by atoms with Gasteiger partial charge in [-0.1, -0.05) is 36.4 Å². The van der Waals surface area contributed by atoms with E-state index in [1.54, 1.807) is 18.3 Å². The second-order valence-corrected chi connectivity index (χ2v) is 6.68. The Morgan fingerprint density at radius 3 is 2.64 bits per heavy atom. The quantitative estimate of drug-likeness (QED) is 0.767. The first-order chi connectivity index (χ1) is 10.5. The van der Waals surface area contributed by atoms with Gasteiger partial charge in [0.25, 0.3) is 0 Å². The van der Waals surface area contributed by atoms with Crippen LogP contribution in [0.15, 0.2) is 47.8 Å². The summed E-state index contributed by atoms with van der Waals surface area (Å²) >= 11 is 1.68. The third-order valence-electron chi connectivity index (χ3n) is 3.45. The van der Waals surface area contributed by atoms with Gasteiger partial charge in [0.15, 0.2) is 0 Å². The van der Waals surface area contributed by atoms with E-state index in [1.807, 2.05) is 48.7 Å². The molecule has 2 amide bonds. The predicted octanol–water partition coefficient (Wildman–Crippen LogP) is 2.89. The molecule has 0 aliphatic carbocycles. The van der Waals surface area contributed by atoms with Gasteiger partial charge in [-0.05, 0) is 30.9 Å². The van der Waals surface area contributed by atoms with Gasteiger partial charge in [-0.25, -0.2) is 4.79 Å². The molecule has 118 valence electrons. The summed E-state index contributed by atoms with van der Waals surface area (Å²) in [6.07, 6.45) is 0.806. The molecule has 0 fully saturated rings. The summed E-state index contributed by atoms with van der Waals surface area (Å²) in [7, 11) is 0. The molecule has 2 aromatic rings. The van der Waals surface area contributed by atoms with Gasteiger partial charge >= 0.3 is 6.03 Å². The molecule has 0 saturated heterocycles. The van der Waals surface area contributed by atoms with Crippen molar-refractivity contribution >= 4 is 17.4 Å². The minimum atomic E-state index is -1.09. The van der Waals surface area contributed by atoms with Crippen molar-refractivity contribution in [3.05, 3.63) is 58.3 Å². The highest BCUT2D eigenvalue weighted by atomic mass is 32.1. The molecule has 2 unspecified atom stereocenters. The van der Waals surface area contributed by atoms with Crippen LogP contribution >= 0.6 is 11.3 Å². The lowest BCUT2D eigenvalue weighted by Gasteiger charge is -2.25. The number of carbonyl (C=O) groups is 1. The maximum absolute atomic E-state index is 11.9. The molecule has 0 radical (unpaired) electrons. The van der Waals surface area contributed by atoms with Crippen LogP contribution in [0, 0.1) is 0 Å². The molecule has 0 saturated carbocycles. The van der Waals surface area contributed by atoms with Crippen molar-refractivity contribution in [2.75, 3.05) is 6.54 Å². The lowest BCUT2D eigenvalue weighted by Crippen LogP contribution is -2.46. The zero-order chi connectivity index (χ0) is 16.0. The monoisotopic (exact) mass is 318 g/mol. The molecule has 2 atom stereocenters. The van der Waals surface area contributed by atoms with Crippen molar-refractivity contribution in [2.45, 2.75) is 31.9 Å². The molecule has 3 N–H and O–H groups in total. The van der Waals surface area contributed by atoms with E-state index >= 15 is 0 Å². The van der Waals surface area contributed by atoms with Crippen LogP contribution in [0.25, 0.3) is 0 Å². The van der Waals surface area contributed by atoms with Crippen LogP contribution in [0.3, 0.4) is 0 Å². The normalized spacial score (nSPS) is 14.9. The fourth-order valence-electron chi connectivity index (χ4n) is 2.21. The summed E-state index contributed by atoms with van der Waals surface area (Å²) < 4.78 is 0. The SMILES string of the molecule is CC(Cc1cccs1)NC(=O)NCC(C)(O)c1ccccc1. The molecule has 0 aliphatic heterocycles. The van der Waals surface area contributed by atoms with Crippen LogP contribution in [0.2, 0.25) is 0 Å². The minimum absolute atomic E-state index is 0.0420. The molecule has 0 aliphatic rings. The van der Waals surface area contributed by atoms with Crippen molar-refractivity contribution < 1.29 is 9.90 Å². The zero-order valence-electron chi connectivity index (χ0n) is 12.9. The highest BCUT2D eigenvalue weighted by molar-refractivity contribution is 7.09. The van der Waals surface area contributed by atoms with Crippen LogP contribution in [0.4, 0.5) is 4.79 Å². The fourth-order valence-corrected chi connectivity index (χ4v) is 3.04. The molecular formula is C17H22N2O2S. The van der Waals surface area contributed by atoms with Gasteiger partial charge in [0, 0.05) is 17.3 Å². The topological polar surface area (TPSA) is 61.4 Å². The average Bonchev–Trinajstić information content (AvgIpc) is 2.99. The Morgan fingerprint density at radius 1 is 1.27 bits per heavy atom. The standard InChI is InChI=1S/C17H22N2O2S/c1-13(11-15-9-6-10-22-15)19-16(20)18-12-17(2,21)14-7-4-3-5-8-14/h3-10,13,21H,11-12H2,1-2H3,(H2,18,19,20). The summed E-state index contributed by atoms with van der Waals surface area (Å²) in [5.74, 6) is 0. The largest absolute Gasteiger partial charge is 0.384 e. The zero-order valence-corrected chi connectivity index (χ0v) is 13.7. The number of thiophene rings is 1. The number of hydrogen-bond acceptors (Lipinski definition) is 3. The number of rotatable bonds is 6. The van der Waals surface area contributed by atoms with Crippen molar-refractivity contribution in [3.63, 3.8) is 0 Å².